The van der Waals surface area contributed by atoms with Crippen LogP contribution in [0, 0.1) is 3.57 Å². The number of rotatable bonds is 3. The maximum absolute atomic E-state index is 13.0. The molecule has 6 nitrogen and oxygen atoms in total. The van der Waals surface area contributed by atoms with Gasteiger partial charge >= 0.3 is 12.2 Å². The Balaban J connectivity index is 1.62. The van der Waals surface area contributed by atoms with Gasteiger partial charge in [0.15, 0.2) is 0 Å². The van der Waals surface area contributed by atoms with Crippen molar-refractivity contribution >= 4 is 45.8 Å². The van der Waals surface area contributed by atoms with Gasteiger partial charge in [-0.3, -0.25) is 0 Å². The first-order valence-electron chi connectivity index (χ1n) is 8.06. The molecule has 1 saturated heterocycles. The quantitative estimate of drug-likeness (QED) is 0.632. The minimum atomic E-state index is -4.48. The van der Waals surface area contributed by atoms with Crippen LogP contribution in [0.2, 0.25) is 0 Å². The van der Waals surface area contributed by atoms with Crippen LogP contribution in [0.25, 0.3) is 0 Å². The summed E-state index contributed by atoms with van der Waals surface area (Å²) in [5, 5.41) is 4.95. The summed E-state index contributed by atoms with van der Waals surface area (Å²) >= 11 is 1.61. The van der Waals surface area contributed by atoms with Crippen LogP contribution < -0.4 is 15.5 Å². The molecule has 0 unspecified atom stereocenters. The van der Waals surface area contributed by atoms with E-state index in [1.54, 1.807) is 34.7 Å². The van der Waals surface area contributed by atoms with Gasteiger partial charge in [-0.05, 0) is 52.9 Å². The molecule has 2 aromatic rings. The summed E-state index contributed by atoms with van der Waals surface area (Å²) in [5.74, 6) is 0.775. The van der Waals surface area contributed by atoms with Crippen molar-refractivity contribution in [3.05, 3.63) is 45.7 Å². The lowest BCUT2D eigenvalue weighted by atomic mass is 10.2. The van der Waals surface area contributed by atoms with Crippen LogP contribution in [0.4, 0.5) is 35.2 Å². The lowest BCUT2D eigenvalue weighted by Crippen LogP contribution is -2.36. The molecule has 0 bridgehead atoms. The standard InChI is InChI=1S/C17H16F3IN4O2/c18-17(19,20)13-9-11(1-3-14(13)21)23-16(26)24-12-2-4-15(22-10-12)25-5-7-27-8-6-25/h1-4,9-10H,5-8H2,(H2,23,24,26). The highest BCUT2D eigenvalue weighted by Gasteiger charge is 2.33. The van der Waals surface area contributed by atoms with Crippen molar-refractivity contribution in [2.75, 3.05) is 41.8 Å². The average Bonchev–Trinajstić information content (AvgIpc) is 2.64. The Kier molecular flexibility index (Phi) is 6.05. The molecule has 2 amide bonds. The zero-order valence-electron chi connectivity index (χ0n) is 14.0. The maximum Gasteiger partial charge on any atom is 0.417 e. The predicted octanol–water partition coefficient (Wildman–Crippen LogP) is 4.19. The predicted molar refractivity (Wildman–Crippen MR) is 104 cm³/mol. The normalized spacial score (nSPS) is 14.7. The highest BCUT2D eigenvalue weighted by Crippen LogP contribution is 2.34. The third-order valence-corrected chi connectivity index (χ3v) is 4.81. The Morgan fingerprint density at radius 1 is 1.11 bits per heavy atom. The number of anilines is 3. The zero-order chi connectivity index (χ0) is 19.4. The second-order valence-corrected chi connectivity index (χ2v) is 6.94. The minimum absolute atomic E-state index is 0.0538. The number of nitrogens with one attached hydrogen (secondary N) is 2. The van der Waals surface area contributed by atoms with Gasteiger partial charge in [0.1, 0.15) is 5.82 Å². The largest absolute Gasteiger partial charge is 0.417 e. The molecule has 0 aliphatic carbocycles. The van der Waals surface area contributed by atoms with Gasteiger partial charge in [-0.25, -0.2) is 9.78 Å². The zero-order valence-corrected chi connectivity index (χ0v) is 16.2. The number of nitrogens with zero attached hydrogens (tertiary/aromatic N) is 2. The third-order valence-electron chi connectivity index (χ3n) is 3.87. The van der Waals surface area contributed by atoms with Gasteiger partial charge in [0.2, 0.25) is 0 Å². The molecule has 1 aliphatic rings. The van der Waals surface area contributed by atoms with Gasteiger partial charge in [-0.15, -0.1) is 0 Å². The molecule has 2 N–H and O–H groups in total. The van der Waals surface area contributed by atoms with Crippen molar-refractivity contribution in [1.29, 1.82) is 0 Å². The number of carbonyl (C=O) groups is 1. The first-order valence-corrected chi connectivity index (χ1v) is 9.14. The number of hydrogen-bond donors (Lipinski definition) is 2. The van der Waals surface area contributed by atoms with Crippen LogP contribution in [0.15, 0.2) is 36.5 Å². The second-order valence-electron chi connectivity index (χ2n) is 5.78. The Hall–Kier alpha value is -2.08. The lowest BCUT2D eigenvalue weighted by molar-refractivity contribution is -0.138. The molecule has 144 valence electrons. The van der Waals surface area contributed by atoms with Gasteiger partial charge in [0, 0.05) is 22.3 Å². The topological polar surface area (TPSA) is 66.5 Å². The van der Waals surface area contributed by atoms with Gasteiger partial charge in [0.05, 0.1) is 30.7 Å². The van der Waals surface area contributed by atoms with Crippen molar-refractivity contribution in [1.82, 2.24) is 4.98 Å². The number of urea groups is 1. The molecule has 3 rings (SSSR count). The number of carbonyl (C=O) groups excluding carboxylic acids is 1. The number of pyridine rings is 1. The number of hydrogen-bond acceptors (Lipinski definition) is 4. The van der Waals surface area contributed by atoms with Crippen LogP contribution in [0.3, 0.4) is 0 Å². The summed E-state index contributed by atoms with van der Waals surface area (Å²) in [6, 6.07) is 6.43. The molecule has 0 radical (unpaired) electrons. The van der Waals surface area contributed by atoms with E-state index in [4.69, 9.17) is 4.74 Å². The summed E-state index contributed by atoms with van der Waals surface area (Å²) in [7, 11) is 0. The van der Waals surface area contributed by atoms with Crippen LogP contribution in [0.1, 0.15) is 5.56 Å². The highest BCUT2D eigenvalue weighted by atomic mass is 127. The van der Waals surface area contributed by atoms with Crippen LogP contribution in [0.5, 0.6) is 0 Å². The van der Waals surface area contributed by atoms with Gasteiger partial charge < -0.3 is 20.3 Å². The number of morpholine rings is 1. The fraction of sp³-hybridized carbons (Fsp3) is 0.294. The van der Waals surface area contributed by atoms with Crippen LogP contribution in [-0.2, 0) is 10.9 Å². The van der Waals surface area contributed by atoms with Gasteiger partial charge in [-0.1, -0.05) is 0 Å². The number of alkyl halides is 3. The van der Waals surface area contributed by atoms with E-state index in [0.717, 1.165) is 25.0 Å². The molecule has 0 spiro atoms. The summed E-state index contributed by atoms with van der Waals surface area (Å²) in [4.78, 5) is 18.4. The molecule has 0 atom stereocenters. The van der Waals surface area contributed by atoms with Crippen molar-refractivity contribution in [3.63, 3.8) is 0 Å². The molecule has 1 fully saturated rings. The van der Waals surface area contributed by atoms with E-state index in [1.807, 2.05) is 0 Å². The van der Waals surface area contributed by atoms with Crippen LogP contribution in [-0.4, -0.2) is 37.3 Å². The number of aromatic nitrogens is 1. The van der Waals surface area contributed by atoms with E-state index in [2.05, 4.69) is 20.5 Å². The molecule has 27 heavy (non-hydrogen) atoms. The Morgan fingerprint density at radius 2 is 1.78 bits per heavy atom. The summed E-state index contributed by atoms with van der Waals surface area (Å²) in [6.45, 7) is 2.77. The van der Waals surface area contributed by atoms with E-state index in [-0.39, 0.29) is 9.26 Å². The van der Waals surface area contributed by atoms with E-state index < -0.39 is 17.8 Å². The Morgan fingerprint density at radius 3 is 2.41 bits per heavy atom. The molecule has 1 aromatic heterocycles. The summed E-state index contributed by atoms with van der Waals surface area (Å²) in [6.07, 6.45) is -2.98. The van der Waals surface area contributed by atoms with Crippen LogP contribution >= 0.6 is 22.6 Å². The minimum Gasteiger partial charge on any atom is -0.378 e. The summed E-state index contributed by atoms with van der Waals surface area (Å²) in [5.41, 5.74) is -0.304. The monoisotopic (exact) mass is 492 g/mol. The SMILES string of the molecule is O=C(Nc1ccc(N2CCOCC2)nc1)Nc1ccc(I)c(C(F)(F)F)c1. The van der Waals surface area contributed by atoms with Crippen molar-refractivity contribution in [2.45, 2.75) is 6.18 Å². The van der Waals surface area contributed by atoms with Gasteiger partial charge in [-0.2, -0.15) is 13.2 Å². The van der Waals surface area contributed by atoms with E-state index in [0.29, 0.717) is 18.9 Å². The average molecular weight is 492 g/mol. The van der Waals surface area contributed by atoms with E-state index in [9.17, 15) is 18.0 Å². The molecule has 1 aromatic carbocycles. The van der Waals surface area contributed by atoms with E-state index in [1.165, 1.54) is 18.3 Å². The van der Waals surface area contributed by atoms with Crippen molar-refractivity contribution < 1.29 is 22.7 Å². The van der Waals surface area contributed by atoms with Crippen molar-refractivity contribution in [3.8, 4) is 0 Å². The molecule has 2 heterocycles. The molecular weight excluding hydrogens is 476 g/mol. The second kappa shape index (κ2) is 8.30. The third kappa shape index (κ3) is 5.22. The summed E-state index contributed by atoms with van der Waals surface area (Å²) < 4.78 is 44.2. The first kappa shape index (κ1) is 19.7. The fourth-order valence-electron chi connectivity index (χ4n) is 2.55. The van der Waals surface area contributed by atoms with Gasteiger partial charge in [0.25, 0.3) is 0 Å². The van der Waals surface area contributed by atoms with E-state index >= 15 is 0 Å². The fourth-order valence-corrected chi connectivity index (χ4v) is 3.19. The Labute approximate surface area is 167 Å². The highest BCUT2D eigenvalue weighted by molar-refractivity contribution is 14.1. The number of ether oxygens (including phenoxy) is 1. The Bertz CT molecular complexity index is 809. The maximum atomic E-state index is 13.0. The molecule has 0 saturated carbocycles. The smallest absolute Gasteiger partial charge is 0.378 e. The number of halogens is 4. The number of benzene rings is 1. The van der Waals surface area contributed by atoms with Crippen molar-refractivity contribution in [2.24, 2.45) is 0 Å². The lowest BCUT2D eigenvalue weighted by Gasteiger charge is -2.27. The number of amides is 2. The molecular formula is C17H16F3IN4O2. The molecule has 1 aliphatic heterocycles. The molecule has 10 heteroatoms. The first-order chi connectivity index (χ1) is 12.8.